The number of carbonyl (C=O) groups excluding carboxylic acids is 1. The molecule has 0 bridgehead atoms. The summed E-state index contributed by atoms with van der Waals surface area (Å²) in [6, 6.07) is 18.9. The van der Waals surface area contributed by atoms with Crippen LogP contribution in [0.4, 0.5) is 0 Å². The highest BCUT2D eigenvalue weighted by atomic mass is 32.2. The van der Waals surface area contributed by atoms with Crippen molar-refractivity contribution < 1.29 is 17.9 Å². The van der Waals surface area contributed by atoms with Gasteiger partial charge in [0.1, 0.15) is 0 Å². The van der Waals surface area contributed by atoms with Gasteiger partial charge in [-0.2, -0.15) is 0 Å². The van der Waals surface area contributed by atoms with Crippen LogP contribution in [0.25, 0.3) is 0 Å². The Hall–Kier alpha value is -2.97. The number of methoxy groups -OCH3 is 1. The molecular formula is C25H29N3O4S. The quantitative estimate of drug-likeness (QED) is 0.432. The number of carbonyl (C=O) groups is 1. The third-order valence-electron chi connectivity index (χ3n) is 5.74. The van der Waals surface area contributed by atoms with Gasteiger partial charge in [-0.3, -0.25) is 4.79 Å². The van der Waals surface area contributed by atoms with Crippen LogP contribution < -0.4 is 0 Å². The lowest BCUT2D eigenvalue weighted by Gasteiger charge is -2.23. The lowest BCUT2D eigenvalue weighted by molar-refractivity contribution is -0.131. The standard InChI is InChI=1S/C25H29N3O4S/c1-32-15-14-27-23(17-26-25(27)33(30,31)19-21-10-6-3-7-11-21)18-28(22-12-13-22)24(29)16-20-8-4-2-5-9-20/h2-11,17,22H,12-16,18-19H2,1H3. The maximum absolute atomic E-state index is 13.2. The van der Waals surface area contributed by atoms with E-state index in [1.54, 1.807) is 30.0 Å². The number of benzene rings is 2. The Morgan fingerprint density at radius 1 is 1.06 bits per heavy atom. The average molecular weight is 468 g/mol. The molecule has 0 radical (unpaired) electrons. The lowest BCUT2D eigenvalue weighted by Crippen LogP contribution is -2.34. The number of hydrogen-bond donors (Lipinski definition) is 0. The van der Waals surface area contributed by atoms with Crippen LogP contribution in [0.1, 0.15) is 29.7 Å². The molecule has 174 valence electrons. The van der Waals surface area contributed by atoms with Gasteiger partial charge in [0, 0.05) is 19.7 Å². The summed E-state index contributed by atoms with van der Waals surface area (Å²) in [7, 11) is -2.09. The van der Waals surface area contributed by atoms with Crippen molar-refractivity contribution in [3.63, 3.8) is 0 Å². The fraction of sp³-hybridized carbons (Fsp3) is 0.360. The molecule has 0 unspecified atom stereocenters. The Labute approximate surface area is 194 Å². The molecule has 33 heavy (non-hydrogen) atoms. The van der Waals surface area contributed by atoms with Gasteiger partial charge in [-0.05, 0) is 24.0 Å². The highest BCUT2D eigenvalue weighted by molar-refractivity contribution is 7.90. The van der Waals surface area contributed by atoms with Crippen LogP contribution in [0.3, 0.4) is 0 Å². The van der Waals surface area contributed by atoms with Gasteiger partial charge in [0.2, 0.25) is 20.9 Å². The van der Waals surface area contributed by atoms with E-state index in [0.29, 0.717) is 37.4 Å². The number of ether oxygens (including phenoxy) is 1. The largest absolute Gasteiger partial charge is 0.383 e. The summed E-state index contributed by atoms with van der Waals surface area (Å²) in [5, 5.41) is 0.0182. The molecule has 4 rings (SSSR count). The minimum absolute atomic E-state index is 0.0182. The molecule has 0 N–H and O–H groups in total. The van der Waals surface area contributed by atoms with Crippen molar-refractivity contribution in [3.05, 3.63) is 83.7 Å². The molecular weight excluding hydrogens is 438 g/mol. The van der Waals surface area contributed by atoms with Crippen LogP contribution in [-0.4, -0.2) is 48.5 Å². The maximum Gasteiger partial charge on any atom is 0.228 e. The first kappa shape index (κ1) is 23.2. The van der Waals surface area contributed by atoms with E-state index in [4.69, 9.17) is 4.74 Å². The Bertz CT molecular complexity index is 1170. The summed E-state index contributed by atoms with van der Waals surface area (Å²) in [5.41, 5.74) is 2.37. The molecule has 1 amide bonds. The number of sulfone groups is 1. The van der Waals surface area contributed by atoms with E-state index >= 15 is 0 Å². The van der Waals surface area contributed by atoms with Crippen LogP contribution in [0.5, 0.6) is 0 Å². The van der Waals surface area contributed by atoms with E-state index in [-0.39, 0.29) is 22.9 Å². The molecule has 8 heteroatoms. The molecule has 0 aliphatic heterocycles. The highest BCUT2D eigenvalue weighted by Crippen LogP contribution is 2.30. The second-order valence-electron chi connectivity index (χ2n) is 8.34. The number of imidazole rings is 1. The van der Waals surface area contributed by atoms with Crippen LogP contribution in [0, 0.1) is 0 Å². The van der Waals surface area contributed by atoms with Gasteiger partial charge in [-0.25, -0.2) is 13.4 Å². The van der Waals surface area contributed by atoms with E-state index in [9.17, 15) is 13.2 Å². The molecule has 0 saturated heterocycles. The summed E-state index contributed by atoms with van der Waals surface area (Å²) in [6.07, 6.45) is 3.83. The molecule has 0 atom stereocenters. The summed E-state index contributed by atoms with van der Waals surface area (Å²) in [6.45, 7) is 1.02. The van der Waals surface area contributed by atoms with Gasteiger partial charge in [0.05, 0.1) is 37.2 Å². The van der Waals surface area contributed by atoms with Crippen molar-refractivity contribution in [3.8, 4) is 0 Å². The van der Waals surface area contributed by atoms with Crippen molar-refractivity contribution >= 4 is 15.7 Å². The van der Waals surface area contributed by atoms with E-state index in [0.717, 1.165) is 18.4 Å². The number of amides is 1. The van der Waals surface area contributed by atoms with Crippen molar-refractivity contribution in [2.24, 2.45) is 0 Å². The van der Waals surface area contributed by atoms with Gasteiger partial charge in [-0.1, -0.05) is 60.7 Å². The SMILES string of the molecule is COCCn1c(CN(C(=O)Cc2ccccc2)C2CC2)cnc1S(=O)(=O)Cc1ccccc1. The zero-order valence-corrected chi connectivity index (χ0v) is 19.6. The third-order valence-corrected chi connectivity index (χ3v) is 7.33. The van der Waals surface area contributed by atoms with Crippen molar-refractivity contribution in [2.45, 2.75) is 49.3 Å². The first-order valence-electron chi connectivity index (χ1n) is 11.1. The van der Waals surface area contributed by atoms with Crippen LogP contribution in [-0.2, 0) is 44.6 Å². The minimum atomic E-state index is -3.67. The van der Waals surface area contributed by atoms with Crippen LogP contribution >= 0.6 is 0 Å². The molecule has 1 heterocycles. The topological polar surface area (TPSA) is 81.5 Å². The summed E-state index contributed by atoms with van der Waals surface area (Å²) < 4.78 is 33.3. The van der Waals surface area contributed by atoms with Gasteiger partial charge >= 0.3 is 0 Å². The fourth-order valence-electron chi connectivity index (χ4n) is 3.90. The van der Waals surface area contributed by atoms with E-state index < -0.39 is 9.84 Å². The molecule has 1 fully saturated rings. The van der Waals surface area contributed by atoms with E-state index in [1.807, 2.05) is 53.4 Å². The predicted molar refractivity (Wildman–Crippen MR) is 125 cm³/mol. The predicted octanol–water partition coefficient (Wildman–Crippen LogP) is 3.24. The molecule has 1 aliphatic carbocycles. The average Bonchev–Trinajstić information content (AvgIpc) is 3.56. The first-order valence-corrected chi connectivity index (χ1v) is 12.8. The Kier molecular flexibility index (Phi) is 7.25. The number of aromatic nitrogens is 2. The molecule has 0 spiro atoms. The maximum atomic E-state index is 13.2. The van der Waals surface area contributed by atoms with Crippen LogP contribution in [0.15, 0.2) is 72.0 Å². The Morgan fingerprint density at radius 3 is 2.30 bits per heavy atom. The highest BCUT2D eigenvalue weighted by Gasteiger charge is 2.34. The van der Waals surface area contributed by atoms with E-state index in [2.05, 4.69) is 4.98 Å². The Morgan fingerprint density at radius 2 is 1.70 bits per heavy atom. The monoisotopic (exact) mass is 467 g/mol. The first-order chi connectivity index (χ1) is 16.0. The third kappa shape index (κ3) is 5.89. The number of hydrogen-bond acceptors (Lipinski definition) is 5. The second kappa shape index (κ2) is 10.3. The molecule has 2 aromatic carbocycles. The zero-order chi connectivity index (χ0) is 23.3. The van der Waals surface area contributed by atoms with Crippen LogP contribution in [0.2, 0.25) is 0 Å². The fourth-order valence-corrected chi connectivity index (χ4v) is 5.42. The number of rotatable bonds is 11. The second-order valence-corrected chi connectivity index (χ2v) is 10.2. The van der Waals surface area contributed by atoms with Gasteiger partial charge < -0.3 is 14.2 Å². The number of nitrogens with zero attached hydrogens (tertiary/aromatic N) is 3. The van der Waals surface area contributed by atoms with Crippen molar-refractivity contribution in [1.82, 2.24) is 14.5 Å². The van der Waals surface area contributed by atoms with Gasteiger partial charge in [0.15, 0.2) is 0 Å². The van der Waals surface area contributed by atoms with Crippen molar-refractivity contribution in [2.75, 3.05) is 13.7 Å². The molecule has 1 aromatic heterocycles. The Balaban J connectivity index is 1.58. The molecule has 1 saturated carbocycles. The lowest BCUT2D eigenvalue weighted by atomic mass is 10.1. The van der Waals surface area contributed by atoms with Gasteiger partial charge in [0.25, 0.3) is 0 Å². The van der Waals surface area contributed by atoms with E-state index in [1.165, 1.54) is 0 Å². The zero-order valence-electron chi connectivity index (χ0n) is 18.8. The van der Waals surface area contributed by atoms with Gasteiger partial charge in [-0.15, -0.1) is 0 Å². The molecule has 1 aliphatic rings. The molecule has 7 nitrogen and oxygen atoms in total. The minimum Gasteiger partial charge on any atom is -0.383 e. The summed E-state index contributed by atoms with van der Waals surface area (Å²) in [5.74, 6) is -0.0896. The smallest absolute Gasteiger partial charge is 0.228 e. The van der Waals surface area contributed by atoms with Crippen molar-refractivity contribution in [1.29, 1.82) is 0 Å². The summed E-state index contributed by atoms with van der Waals surface area (Å²) >= 11 is 0. The summed E-state index contributed by atoms with van der Waals surface area (Å²) in [4.78, 5) is 19.3. The molecule has 3 aromatic rings. The normalized spacial score (nSPS) is 13.7.